The van der Waals surface area contributed by atoms with Gasteiger partial charge in [0.05, 0.1) is 11.5 Å². The van der Waals surface area contributed by atoms with E-state index in [9.17, 15) is 8.42 Å². The van der Waals surface area contributed by atoms with E-state index in [1.807, 2.05) is 0 Å². The van der Waals surface area contributed by atoms with Gasteiger partial charge in [-0.05, 0) is 57.8 Å². The summed E-state index contributed by atoms with van der Waals surface area (Å²) in [6, 6.07) is 0.815. The van der Waals surface area contributed by atoms with Crippen molar-refractivity contribution in [3.63, 3.8) is 0 Å². The molecule has 24 heavy (non-hydrogen) atoms. The van der Waals surface area contributed by atoms with Crippen molar-refractivity contribution in [1.82, 2.24) is 10.6 Å². The van der Waals surface area contributed by atoms with Gasteiger partial charge in [-0.1, -0.05) is 13.3 Å². The molecular weight excluding hydrogens is 437 g/mol. The van der Waals surface area contributed by atoms with E-state index in [1.54, 1.807) is 0 Å². The lowest BCUT2D eigenvalue weighted by atomic mass is 9.84. The molecule has 2 N–H and O–H groups in total. The highest BCUT2D eigenvalue weighted by molar-refractivity contribution is 14.0. The van der Waals surface area contributed by atoms with Crippen LogP contribution in [0.2, 0.25) is 0 Å². The zero-order valence-electron chi connectivity index (χ0n) is 15.3. The zero-order valence-corrected chi connectivity index (χ0v) is 18.4. The Morgan fingerprint density at radius 1 is 1.12 bits per heavy atom. The number of nitrogens with zero attached hydrogens (tertiary/aromatic N) is 1. The molecule has 1 unspecified atom stereocenters. The van der Waals surface area contributed by atoms with Crippen LogP contribution < -0.4 is 10.6 Å². The maximum Gasteiger partial charge on any atom is 0.191 e. The van der Waals surface area contributed by atoms with Crippen molar-refractivity contribution in [2.75, 3.05) is 18.1 Å². The summed E-state index contributed by atoms with van der Waals surface area (Å²) in [5.74, 6) is 2.54. The molecule has 5 nitrogen and oxygen atoms in total. The standard InChI is InChI=1S/C17H33N3O2S.HI/c1-4-14-5-7-16(8-6-14)20-17(19-13(2)3)18-11-15-9-10-23(21,22)12-15;/h13-16H,4-12H2,1-3H3,(H2,18,19,20);1H. The van der Waals surface area contributed by atoms with Gasteiger partial charge < -0.3 is 10.6 Å². The summed E-state index contributed by atoms with van der Waals surface area (Å²) in [5, 5.41) is 6.95. The van der Waals surface area contributed by atoms with Crippen molar-refractivity contribution >= 4 is 39.8 Å². The number of hydrogen-bond donors (Lipinski definition) is 2. The summed E-state index contributed by atoms with van der Waals surface area (Å²) in [6.07, 6.45) is 7.04. The number of halogens is 1. The summed E-state index contributed by atoms with van der Waals surface area (Å²) < 4.78 is 23.1. The predicted octanol–water partition coefficient (Wildman–Crippen LogP) is 2.95. The highest BCUT2D eigenvalue weighted by atomic mass is 127. The van der Waals surface area contributed by atoms with Crippen molar-refractivity contribution in [3.8, 4) is 0 Å². The average Bonchev–Trinajstić information content (AvgIpc) is 2.84. The summed E-state index contributed by atoms with van der Waals surface area (Å²) in [6.45, 7) is 7.09. The third kappa shape index (κ3) is 7.45. The molecule has 1 heterocycles. The van der Waals surface area contributed by atoms with E-state index >= 15 is 0 Å². The van der Waals surface area contributed by atoms with Gasteiger partial charge in [-0.3, -0.25) is 4.99 Å². The quantitative estimate of drug-likeness (QED) is 0.368. The Balaban J connectivity index is 0.00000288. The van der Waals surface area contributed by atoms with Crippen molar-refractivity contribution in [3.05, 3.63) is 0 Å². The van der Waals surface area contributed by atoms with Crippen LogP contribution in [-0.2, 0) is 9.84 Å². The number of guanidine groups is 1. The van der Waals surface area contributed by atoms with E-state index in [-0.39, 0.29) is 29.9 Å². The first-order valence-corrected chi connectivity index (χ1v) is 11.0. The van der Waals surface area contributed by atoms with Crippen molar-refractivity contribution in [1.29, 1.82) is 0 Å². The Morgan fingerprint density at radius 3 is 2.29 bits per heavy atom. The Kier molecular flexibility index (Phi) is 9.33. The van der Waals surface area contributed by atoms with E-state index in [1.165, 1.54) is 32.1 Å². The fourth-order valence-corrected chi connectivity index (χ4v) is 5.40. The lowest BCUT2D eigenvalue weighted by Crippen LogP contribution is -2.47. The smallest absolute Gasteiger partial charge is 0.191 e. The van der Waals surface area contributed by atoms with Crippen molar-refractivity contribution in [2.45, 2.75) is 71.4 Å². The largest absolute Gasteiger partial charge is 0.354 e. The summed E-state index contributed by atoms with van der Waals surface area (Å²) in [4.78, 5) is 4.67. The maximum absolute atomic E-state index is 11.6. The highest BCUT2D eigenvalue weighted by Crippen LogP contribution is 2.26. The van der Waals surface area contributed by atoms with Gasteiger partial charge in [-0.25, -0.2) is 8.42 Å². The fourth-order valence-electron chi connectivity index (χ4n) is 3.55. The van der Waals surface area contributed by atoms with E-state index in [0.29, 0.717) is 30.1 Å². The lowest BCUT2D eigenvalue weighted by molar-refractivity contribution is 0.303. The summed E-state index contributed by atoms with van der Waals surface area (Å²) in [7, 11) is -2.81. The molecule has 2 fully saturated rings. The van der Waals surface area contributed by atoms with Crippen LogP contribution in [0.1, 0.15) is 59.3 Å². The molecule has 2 aliphatic rings. The Morgan fingerprint density at radius 2 is 1.79 bits per heavy atom. The van der Waals surface area contributed by atoms with Gasteiger partial charge in [-0.15, -0.1) is 24.0 Å². The molecule has 0 spiro atoms. The van der Waals surface area contributed by atoms with Gasteiger partial charge in [0, 0.05) is 18.6 Å². The van der Waals surface area contributed by atoms with Crippen LogP contribution in [-0.4, -0.2) is 44.5 Å². The maximum atomic E-state index is 11.6. The number of aliphatic imine (C=N–C) groups is 1. The Labute approximate surface area is 164 Å². The van der Waals surface area contributed by atoms with Crippen LogP contribution in [0.3, 0.4) is 0 Å². The highest BCUT2D eigenvalue weighted by Gasteiger charge is 2.28. The molecule has 1 aliphatic carbocycles. The second kappa shape index (κ2) is 10.2. The van der Waals surface area contributed by atoms with Gasteiger partial charge in [0.2, 0.25) is 0 Å². The molecular formula is C17H34IN3O2S. The first-order chi connectivity index (χ1) is 10.9. The van der Waals surface area contributed by atoms with Crippen LogP contribution in [0.25, 0.3) is 0 Å². The number of rotatable bonds is 5. The molecule has 1 saturated carbocycles. The van der Waals surface area contributed by atoms with Crippen LogP contribution in [0.4, 0.5) is 0 Å². The topological polar surface area (TPSA) is 70.6 Å². The van der Waals surface area contributed by atoms with Crippen LogP contribution in [0.15, 0.2) is 4.99 Å². The minimum absolute atomic E-state index is 0. The Bertz CT molecular complexity index is 500. The van der Waals surface area contributed by atoms with E-state index in [2.05, 4.69) is 36.4 Å². The number of sulfone groups is 1. The van der Waals surface area contributed by atoms with Gasteiger partial charge in [0.1, 0.15) is 0 Å². The van der Waals surface area contributed by atoms with Gasteiger partial charge in [0.25, 0.3) is 0 Å². The SMILES string of the molecule is CCC1CCC(NC(=NCC2CCS(=O)(=O)C2)NC(C)C)CC1.I. The third-order valence-electron chi connectivity index (χ3n) is 5.02. The monoisotopic (exact) mass is 471 g/mol. The summed E-state index contributed by atoms with van der Waals surface area (Å²) in [5.41, 5.74) is 0. The molecule has 7 heteroatoms. The van der Waals surface area contributed by atoms with Crippen LogP contribution in [0, 0.1) is 11.8 Å². The molecule has 1 atom stereocenters. The van der Waals surface area contributed by atoms with Gasteiger partial charge in [0.15, 0.2) is 15.8 Å². The van der Waals surface area contributed by atoms with Crippen LogP contribution in [0.5, 0.6) is 0 Å². The van der Waals surface area contributed by atoms with Gasteiger partial charge in [-0.2, -0.15) is 0 Å². The molecule has 0 radical (unpaired) electrons. The van der Waals surface area contributed by atoms with E-state index < -0.39 is 9.84 Å². The zero-order chi connectivity index (χ0) is 16.9. The first-order valence-electron chi connectivity index (χ1n) is 9.16. The minimum atomic E-state index is -2.81. The molecule has 2 rings (SSSR count). The van der Waals surface area contributed by atoms with E-state index in [0.717, 1.165) is 18.3 Å². The molecule has 1 saturated heterocycles. The third-order valence-corrected chi connectivity index (χ3v) is 6.86. The summed E-state index contributed by atoms with van der Waals surface area (Å²) >= 11 is 0. The Hall–Kier alpha value is -0.0500. The minimum Gasteiger partial charge on any atom is -0.354 e. The second-order valence-corrected chi connectivity index (χ2v) is 9.76. The lowest BCUT2D eigenvalue weighted by Gasteiger charge is -2.30. The number of nitrogens with one attached hydrogen (secondary N) is 2. The van der Waals surface area contributed by atoms with E-state index in [4.69, 9.17) is 0 Å². The molecule has 1 aliphatic heterocycles. The first kappa shape index (κ1) is 22.0. The molecule has 0 amide bonds. The molecule has 0 aromatic rings. The molecule has 0 aromatic heterocycles. The van der Waals surface area contributed by atoms with Crippen molar-refractivity contribution in [2.24, 2.45) is 16.8 Å². The van der Waals surface area contributed by atoms with Gasteiger partial charge >= 0.3 is 0 Å². The molecule has 0 bridgehead atoms. The van der Waals surface area contributed by atoms with Crippen LogP contribution >= 0.6 is 24.0 Å². The fraction of sp³-hybridized carbons (Fsp3) is 0.941. The second-order valence-electron chi connectivity index (χ2n) is 7.53. The molecule has 142 valence electrons. The molecule has 0 aromatic carbocycles. The van der Waals surface area contributed by atoms with Crippen molar-refractivity contribution < 1.29 is 8.42 Å². The predicted molar refractivity (Wildman–Crippen MR) is 112 cm³/mol. The number of hydrogen-bond acceptors (Lipinski definition) is 3. The normalized spacial score (nSPS) is 30.0. The average molecular weight is 471 g/mol.